The molecule has 2 N–H and O–H groups in total. The van der Waals surface area contributed by atoms with Gasteiger partial charge in [0.05, 0.1) is 16.1 Å². The van der Waals surface area contributed by atoms with Gasteiger partial charge in [-0.1, -0.05) is 66.2 Å². The quantitative estimate of drug-likeness (QED) is 0.262. The average molecular weight is 470 g/mol. The van der Waals surface area contributed by atoms with Crippen molar-refractivity contribution in [3.63, 3.8) is 0 Å². The van der Waals surface area contributed by atoms with E-state index in [0.29, 0.717) is 5.82 Å². The van der Waals surface area contributed by atoms with Gasteiger partial charge in [0.15, 0.2) is 5.82 Å². The molecular weight excluding hydrogens is 442 g/mol. The lowest BCUT2D eigenvalue weighted by Crippen LogP contribution is -2.14. The fourth-order valence-corrected chi connectivity index (χ4v) is 4.70. The van der Waals surface area contributed by atoms with Crippen LogP contribution < -0.4 is 10.6 Å². The third kappa shape index (κ3) is 4.37. The first-order valence-electron chi connectivity index (χ1n) is 11.6. The van der Waals surface area contributed by atoms with Gasteiger partial charge in [-0.25, -0.2) is 9.97 Å². The van der Waals surface area contributed by atoms with Gasteiger partial charge in [0.25, 0.3) is 0 Å². The highest BCUT2D eigenvalue weighted by Gasteiger charge is 2.18. The van der Waals surface area contributed by atoms with E-state index < -0.39 is 0 Å². The van der Waals surface area contributed by atoms with Crippen LogP contribution in [-0.4, -0.2) is 34.7 Å². The molecule has 5 aromatic rings. The van der Waals surface area contributed by atoms with Crippen molar-refractivity contribution >= 4 is 39.2 Å². The maximum absolute atomic E-state index is 6.70. The number of anilines is 1. The molecule has 0 fully saturated rings. The van der Waals surface area contributed by atoms with Gasteiger partial charge >= 0.3 is 0 Å². The SMILES string of the molecule is CNCCCNc1nc(-c2cn(Cc3ccccc3)c3c(Cl)cccc23)nc2c(C)cccc12. The van der Waals surface area contributed by atoms with Gasteiger partial charge in [-0.05, 0) is 50.2 Å². The first kappa shape index (κ1) is 22.4. The van der Waals surface area contributed by atoms with Crippen LogP contribution in [0.15, 0.2) is 72.9 Å². The number of halogens is 1. The number of aromatic nitrogens is 3. The molecule has 3 aromatic carbocycles. The van der Waals surface area contributed by atoms with Crippen molar-refractivity contribution in [1.82, 2.24) is 19.9 Å². The van der Waals surface area contributed by atoms with Gasteiger partial charge in [-0.15, -0.1) is 0 Å². The number of fused-ring (bicyclic) bond motifs is 2. The third-order valence-electron chi connectivity index (χ3n) is 6.11. The summed E-state index contributed by atoms with van der Waals surface area (Å²) in [4.78, 5) is 10.0. The Labute approximate surface area is 204 Å². The van der Waals surface area contributed by atoms with Crippen LogP contribution in [0, 0.1) is 6.92 Å². The van der Waals surface area contributed by atoms with Crippen molar-refractivity contribution in [2.75, 3.05) is 25.5 Å². The summed E-state index contributed by atoms with van der Waals surface area (Å²) in [7, 11) is 1.97. The Kier molecular flexibility index (Phi) is 6.48. The summed E-state index contributed by atoms with van der Waals surface area (Å²) in [6.45, 7) is 4.61. The van der Waals surface area contributed by atoms with Crippen LogP contribution in [0.3, 0.4) is 0 Å². The van der Waals surface area contributed by atoms with Crippen LogP contribution >= 0.6 is 11.6 Å². The van der Waals surface area contributed by atoms with E-state index in [0.717, 1.165) is 69.8 Å². The fourth-order valence-electron chi connectivity index (χ4n) is 4.42. The molecule has 5 nitrogen and oxygen atoms in total. The van der Waals surface area contributed by atoms with Gasteiger partial charge in [-0.2, -0.15) is 0 Å². The largest absolute Gasteiger partial charge is 0.369 e. The summed E-state index contributed by atoms with van der Waals surface area (Å²) < 4.78 is 2.20. The molecule has 172 valence electrons. The van der Waals surface area contributed by atoms with Crippen molar-refractivity contribution in [3.05, 3.63) is 89.1 Å². The van der Waals surface area contributed by atoms with E-state index in [4.69, 9.17) is 21.6 Å². The first-order chi connectivity index (χ1) is 16.7. The highest BCUT2D eigenvalue weighted by atomic mass is 35.5. The topological polar surface area (TPSA) is 54.8 Å². The van der Waals surface area contributed by atoms with Gasteiger partial charge in [0.2, 0.25) is 0 Å². The number of aryl methyl sites for hydroxylation is 1. The van der Waals surface area contributed by atoms with Gasteiger partial charge in [0.1, 0.15) is 5.82 Å². The molecule has 0 saturated carbocycles. The molecule has 0 aliphatic heterocycles. The van der Waals surface area contributed by atoms with Crippen LogP contribution in [-0.2, 0) is 6.54 Å². The molecule has 34 heavy (non-hydrogen) atoms. The molecule has 5 rings (SSSR count). The van der Waals surface area contributed by atoms with Crippen LogP contribution in [0.5, 0.6) is 0 Å². The normalized spacial score (nSPS) is 11.4. The third-order valence-corrected chi connectivity index (χ3v) is 6.42. The lowest BCUT2D eigenvalue weighted by Gasteiger charge is -2.12. The lowest BCUT2D eigenvalue weighted by molar-refractivity contribution is 0.747. The van der Waals surface area contributed by atoms with Gasteiger partial charge in [-0.3, -0.25) is 0 Å². The molecule has 0 spiro atoms. The number of benzene rings is 3. The highest BCUT2D eigenvalue weighted by molar-refractivity contribution is 6.35. The van der Waals surface area contributed by atoms with Crippen molar-refractivity contribution in [2.24, 2.45) is 0 Å². The molecule has 0 aliphatic carbocycles. The zero-order valence-corrected chi connectivity index (χ0v) is 20.2. The number of rotatable bonds is 8. The second-order valence-corrected chi connectivity index (χ2v) is 8.95. The molecule has 0 unspecified atom stereocenters. The molecule has 0 aliphatic rings. The predicted octanol–water partition coefficient (Wildman–Crippen LogP) is 6.28. The second kappa shape index (κ2) is 9.84. The Morgan fingerprint density at radius 1 is 0.882 bits per heavy atom. The molecule has 0 saturated heterocycles. The van der Waals surface area contributed by atoms with Crippen LogP contribution in [0.4, 0.5) is 5.82 Å². The average Bonchev–Trinajstić information content (AvgIpc) is 3.22. The van der Waals surface area contributed by atoms with Crippen molar-refractivity contribution in [2.45, 2.75) is 19.9 Å². The Bertz CT molecular complexity index is 1440. The van der Waals surface area contributed by atoms with Crippen molar-refractivity contribution < 1.29 is 0 Å². The number of hydrogen-bond acceptors (Lipinski definition) is 4. The van der Waals surface area contributed by atoms with E-state index in [1.54, 1.807) is 0 Å². The molecule has 0 radical (unpaired) electrons. The van der Waals surface area contributed by atoms with Crippen LogP contribution in [0.2, 0.25) is 5.02 Å². The Morgan fingerprint density at radius 2 is 1.68 bits per heavy atom. The van der Waals surface area contributed by atoms with Crippen LogP contribution in [0.1, 0.15) is 17.5 Å². The Balaban J connectivity index is 1.66. The minimum absolute atomic E-state index is 0.706. The summed E-state index contributed by atoms with van der Waals surface area (Å²) in [6.07, 6.45) is 3.14. The monoisotopic (exact) mass is 469 g/mol. The zero-order valence-electron chi connectivity index (χ0n) is 19.5. The van der Waals surface area contributed by atoms with E-state index in [-0.39, 0.29) is 0 Å². The summed E-state index contributed by atoms with van der Waals surface area (Å²) in [5.41, 5.74) is 5.30. The molecule has 6 heteroatoms. The molecule has 2 aromatic heterocycles. The minimum Gasteiger partial charge on any atom is -0.369 e. The Morgan fingerprint density at radius 3 is 2.50 bits per heavy atom. The smallest absolute Gasteiger partial charge is 0.164 e. The minimum atomic E-state index is 0.706. The molecule has 0 amide bonds. The summed E-state index contributed by atoms with van der Waals surface area (Å²) in [5.74, 6) is 1.57. The molecular formula is C28H28ClN5. The number of hydrogen-bond donors (Lipinski definition) is 2. The summed E-state index contributed by atoms with van der Waals surface area (Å²) in [5, 5.41) is 9.56. The van der Waals surface area contributed by atoms with E-state index in [2.05, 4.69) is 76.9 Å². The van der Waals surface area contributed by atoms with Crippen molar-refractivity contribution in [3.8, 4) is 11.4 Å². The van der Waals surface area contributed by atoms with E-state index in [1.807, 2.05) is 25.2 Å². The highest BCUT2D eigenvalue weighted by Crippen LogP contribution is 2.35. The number of nitrogens with zero attached hydrogens (tertiary/aromatic N) is 3. The van der Waals surface area contributed by atoms with Crippen LogP contribution in [0.25, 0.3) is 33.2 Å². The lowest BCUT2D eigenvalue weighted by atomic mass is 10.1. The first-order valence-corrected chi connectivity index (χ1v) is 12.0. The number of para-hydroxylation sites is 2. The molecule has 0 atom stereocenters. The second-order valence-electron chi connectivity index (χ2n) is 8.54. The van der Waals surface area contributed by atoms with Gasteiger partial charge < -0.3 is 15.2 Å². The van der Waals surface area contributed by atoms with E-state index >= 15 is 0 Å². The number of nitrogens with one attached hydrogen (secondary N) is 2. The summed E-state index contributed by atoms with van der Waals surface area (Å²) >= 11 is 6.70. The fraction of sp³-hybridized carbons (Fsp3) is 0.214. The molecule has 0 bridgehead atoms. The van der Waals surface area contributed by atoms with Gasteiger partial charge in [0, 0.05) is 35.6 Å². The van der Waals surface area contributed by atoms with E-state index in [9.17, 15) is 0 Å². The standard InChI is InChI=1S/C28H28ClN5/c1-19-9-6-13-22-25(19)32-28(33-27(22)31-16-8-15-30-2)23-18-34(17-20-10-4-3-5-11-20)26-21(23)12-7-14-24(26)29/h3-7,9-14,18,30H,8,15-17H2,1-2H3,(H,31,32,33). The molecule has 2 heterocycles. The van der Waals surface area contributed by atoms with E-state index in [1.165, 1.54) is 5.56 Å². The maximum Gasteiger partial charge on any atom is 0.164 e. The predicted molar refractivity (Wildman–Crippen MR) is 143 cm³/mol. The maximum atomic E-state index is 6.70. The Hall–Kier alpha value is -3.41. The van der Waals surface area contributed by atoms with Crippen molar-refractivity contribution in [1.29, 1.82) is 0 Å². The summed E-state index contributed by atoms with van der Waals surface area (Å²) in [6, 6.07) is 22.7. The zero-order chi connectivity index (χ0) is 23.5.